The smallest absolute Gasteiger partial charge is 0.272 e. The Morgan fingerprint density at radius 2 is 1.94 bits per heavy atom. The Kier molecular flexibility index (Phi) is 3.79. The second-order valence-electron chi connectivity index (χ2n) is 3.98. The van der Waals surface area contributed by atoms with Crippen molar-refractivity contribution in [3.8, 4) is 0 Å². The van der Waals surface area contributed by atoms with E-state index in [-0.39, 0.29) is 0 Å². The molecular formula is C12H12BrNO2S2. The van der Waals surface area contributed by atoms with Gasteiger partial charge in [-0.1, -0.05) is 12.1 Å². The summed E-state index contributed by atoms with van der Waals surface area (Å²) in [4.78, 5) is 0. The zero-order valence-corrected chi connectivity index (χ0v) is 13.1. The van der Waals surface area contributed by atoms with Crippen LogP contribution in [0.2, 0.25) is 0 Å². The van der Waals surface area contributed by atoms with Crippen molar-refractivity contribution in [3.63, 3.8) is 0 Å². The van der Waals surface area contributed by atoms with Gasteiger partial charge in [0, 0.05) is 4.47 Å². The molecular weight excluding hydrogens is 334 g/mol. The fourth-order valence-electron chi connectivity index (χ4n) is 1.51. The maximum Gasteiger partial charge on any atom is 0.272 e. The maximum absolute atomic E-state index is 12.2. The van der Waals surface area contributed by atoms with Gasteiger partial charge < -0.3 is 0 Å². The van der Waals surface area contributed by atoms with Crippen molar-refractivity contribution >= 4 is 43.0 Å². The van der Waals surface area contributed by atoms with Crippen molar-refractivity contribution in [3.05, 3.63) is 45.2 Å². The number of sulfonamides is 1. The molecule has 0 saturated carbocycles. The van der Waals surface area contributed by atoms with Crippen LogP contribution >= 0.6 is 27.3 Å². The zero-order valence-electron chi connectivity index (χ0n) is 9.90. The molecule has 0 fully saturated rings. The first-order valence-corrected chi connectivity index (χ1v) is 8.39. The van der Waals surface area contributed by atoms with Gasteiger partial charge in [0.25, 0.3) is 10.0 Å². The Morgan fingerprint density at radius 1 is 1.22 bits per heavy atom. The van der Waals surface area contributed by atoms with Crippen LogP contribution in [0, 0.1) is 13.8 Å². The highest BCUT2D eigenvalue weighted by atomic mass is 79.9. The molecule has 0 amide bonds. The number of aryl methyl sites for hydroxylation is 2. The third-order valence-corrected chi connectivity index (χ3v) is 6.50. The molecule has 18 heavy (non-hydrogen) atoms. The van der Waals surface area contributed by atoms with Crippen LogP contribution in [0.1, 0.15) is 11.1 Å². The van der Waals surface area contributed by atoms with Crippen molar-refractivity contribution in [1.29, 1.82) is 0 Å². The first-order chi connectivity index (χ1) is 8.40. The number of benzene rings is 1. The lowest BCUT2D eigenvalue weighted by atomic mass is 10.1. The molecule has 0 atom stereocenters. The van der Waals surface area contributed by atoms with E-state index in [0.717, 1.165) is 11.1 Å². The summed E-state index contributed by atoms with van der Waals surface area (Å²) in [6, 6.07) is 7.40. The van der Waals surface area contributed by atoms with Gasteiger partial charge in [0.05, 0.1) is 5.69 Å². The van der Waals surface area contributed by atoms with Gasteiger partial charge in [-0.3, -0.25) is 4.72 Å². The predicted octanol–water partition coefficient (Wildman–Crippen LogP) is 3.93. The summed E-state index contributed by atoms with van der Waals surface area (Å²) in [5, 5.41) is 1.74. The van der Waals surface area contributed by atoms with Crippen LogP contribution in [0.15, 0.2) is 38.3 Å². The lowest BCUT2D eigenvalue weighted by molar-refractivity contribution is 0.603. The summed E-state index contributed by atoms with van der Waals surface area (Å²) in [6.07, 6.45) is 0. The Hall–Kier alpha value is -0.850. The monoisotopic (exact) mass is 345 g/mol. The van der Waals surface area contributed by atoms with Crippen molar-refractivity contribution in [2.24, 2.45) is 0 Å². The summed E-state index contributed by atoms with van der Waals surface area (Å²) in [7, 11) is -3.52. The number of hydrogen-bond acceptors (Lipinski definition) is 3. The highest BCUT2D eigenvalue weighted by molar-refractivity contribution is 9.10. The van der Waals surface area contributed by atoms with Crippen LogP contribution in [0.4, 0.5) is 5.69 Å². The van der Waals surface area contributed by atoms with Crippen LogP contribution < -0.4 is 4.72 Å². The minimum atomic E-state index is -3.52. The minimum Gasteiger partial charge on any atom is -0.279 e. The molecule has 0 spiro atoms. The molecule has 1 heterocycles. The Labute approximate surface area is 119 Å². The van der Waals surface area contributed by atoms with Crippen molar-refractivity contribution in [2.45, 2.75) is 18.1 Å². The molecule has 3 nitrogen and oxygen atoms in total. The molecule has 1 aromatic heterocycles. The molecule has 0 aliphatic heterocycles. The van der Waals surface area contributed by atoms with E-state index in [1.165, 1.54) is 11.3 Å². The average Bonchev–Trinajstić information content (AvgIpc) is 2.70. The highest BCUT2D eigenvalue weighted by Gasteiger charge is 2.19. The van der Waals surface area contributed by atoms with Crippen LogP contribution in [0.5, 0.6) is 0 Å². The van der Waals surface area contributed by atoms with Gasteiger partial charge in [0.1, 0.15) is 0 Å². The molecule has 2 aromatic rings. The summed E-state index contributed by atoms with van der Waals surface area (Å²) in [5.41, 5.74) is 2.54. The highest BCUT2D eigenvalue weighted by Crippen LogP contribution is 2.30. The molecule has 2 rings (SSSR count). The molecule has 0 aliphatic rings. The molecule has 0 saturated heterocycles. The summed E-state index contributed by atoms with van der Waals surface area (Å²) >= 11 is 4.43. The fourth-order valence-corrected chi connectivity index (χ4v) is 4.97. The largest absolute Gasteiger partial charge is 0.279 e. The van der Waals surface area contributed by atoms with E-state index < -0.39 is 10.0 Å². The molecule has 6 heteroatoms. The number of rotatable bonds is 3. The van der Waals surface area contributed by atoms with E-state index in [0.29, 0.717) is 14.4 Å². The zero-order chi connectivity index (χ0) is 13.3. The summed E-state index contributed by atoms with van der Waals surface area (Å²) in [5.74, 6) is 0. The van der Waals surface area contributed by atoms with Gasteiger partial charge in [-0.25, -0.2) is 8.42 Å². The number of thiophene rings is 1. The van der Waals surface area contributed by atoms with Gasteiger partial charge in [-0.2, -0.15) is 0 Å². The molecule has 0 bridgehead atoms. The third kappa shape index (κ3) is 2.76. The van der Waals surface area contributed by atoms with E-state index in [2.05, 4.69) is 20.7 Å². The van der Waals surface area contributed by atoms with Gasteiger partial charge >= 0.3 is 0 Å². The lowest BCUT2D eigenvalue weighted by Crippen LogP contribution is -2.13. The SMILES string of the molecule is Cc1ccc(C)c(NS(=O)(=O)c2sccc2Br)c1. The fraction of sp³-hybridized carbons (Fsp3) is 0.167. The Bertz CT molecular complexity index is 677. The topological polar surface area (TPSA) is 46.2 Å². The molecule has 0 radical (unpaired) electrons. The average molecular weight is 346 g/mol. The minimum absolute atomic E-state index is 0.295. The Morgan fingerprint density at radius 3 is 2.56 bits per heavy atom. The first kappa shape index (κ1) is 13.6. The van der Waals surface area contributed by atoms with Crippen molar-refractivity contribution < 1.29 is 8.42 Å². The molecule has 1 aromatic carbocycles. The van der Waals surface area contributed by atoms with E-state index in [1.807, 2.05) is 32.0 Å². The standard InChI is InChI=1S/C12H12BrNO2S2/c1-8-3-4-9(2)11(7-8)14-18(15,16)12-10(13)5-6-17-12/h3-7,14H,1-2H3. The van der Waals surface area contributed by atoms with Gasteiger partial charge in [-0.15, -0.1) is 11.3 Å². The molecule has 96 valence electrons. The van der Waals surface area contributed by atoms with Crippen molar-refractivity contribution in [1.82, 2.24) is 0 Å². The van der Waals surface area contributed by atoms with Crippen LogP contribution in [0.25, 0.3) is 0 Å². The van der Waals surface area contributed by atoms with Gasteiger partial charge in [0.15, 0.2) is 4.21 Å². The quantitative estimate of drug-likeness (QED) is 0.915. The van der Waals surface area contributed by atoms with Crippen LogP contribution in [0.3, 0.4) is 0 Å². The third-order valence-electron chi connectivity index (χ3n) is 2.47. The van der Waals surface area contributed by atoms with Gasteiger partial charge in [-0.05, 0) is 58.4 Å². The second-order valence-corrected chi connectivity index (χ2v) is 7.63. The van der Waals surface area contributed by atoms with E-state index in [1.54, 1.807) is 11.4 Å². The predicted molar refractivity (Wildman–Crippen MR) is 78.7 cm³/mol. The number of nitrogens with one attached hydrogen (secondary N) is 1. The number of anilines is 1. The van der Waals surface area contributed by atoms with Gasteiger partial charge in [0.2, 0.25) is 0 Å². The maximum atomic E-state index is 12.2. The lowest BCUT2D eigenvalue weighted by Gasteiger charge is -2.10. The van der Waals surface area contributed by atoms with Crippen LogP contribution in [-0.4, -0.2) is 8.42 Å². The molecule has 0 unspecified atom stereocenters. The van der Waals surface area contributed by atoms with E-state index in [9.17, 15) is 8.42 Å². The first-order valence-electron chi connectivity index (χ1n) is 5.23. The van der Waals surface area contributed by atoms with E-state index in [4.69, 9.17) is 0 Å². The van der Waals surface area contributed by atoms with Crippen molar-refractivity contribution in [2.75, 3.05) is 4.72 Å². The second kappa shape index (κ2) is 5.03. The normalized spacial score (nSPS) is 11.5. The number of hydrogen-bond donors (Lipinski definition) is 1. The van der Waals surface area contributed by atoms with Crippen LogP contribution in [-0.2, 0) is 10.0 Å². The van der Waals surface area contributed by atoms with E-state index >= 15 is 0 Å². The number of halogens is 1. The Balaban J connectivity index is 2.40. The summed E-state index contributed by atoms with van der Waals surface area (Å²) in [6.45, 7) is 3.80. The molecule has 1 N–H and O–H groups in total. The molecule has 0 aliphatic carbocycles. The summed E-state index contributed by atoms with van der Waals surface area (Å²) < 4.78 is 27.9.